The summed E-state index contributed by atoms with van der Waals surface area (Å²) >= 11 is 12.1. The minimum Gasteiger partial charge on any atom is -0.454 e. The number of para-hydroxylation sites is 1. The average molecular weight is 500 g/mol. The van der Waals surface area contributed by atoms with Crippen LogP contribution in [0.3, 0.4) is 0 Å². The quantitative estimate of drug-likeness (QED) is 0.427. The molecule has 0 saturated carbocycles. The summed E-state index contributed by atoms with van der Waals surface area (Å²) in [5.41, 5.74) is 0.611. The number of hydrogen-bond acceptors (Lipinski definition) is 6. The molecule has 2 atom stereocenters. The van der Waals surface area contributed by atoms with Crippen LogP contribution in [0.1, 0.15) is 13.3 Å². The Bertz CT molecular complexity index is 1080. The number of anilines is 2. The molecule has 1 saturated heterocycles. The van der Waals surface area contributed by atoms with Crippen molar-refractivity contribution >= 4 is 56.5 Å². The minimum absolute atomic E-state index is 0.0387. The zero-order valence-corrected chi connectivity index (χ0v) is 19.6. The van der Waals surface area contributed by atoms with Gasteiger partial charge in [-0.05, 0) is 43.7 Å². The number of halogens is 2. The molecule has 172 valence electrons. The van der Waals surface area contributed by atoms with E-state index >= 15 is 0 Å². The number of nitrogens with one attached hydrogen (secondary N) is 2. The van der Waals surface area contributed by atoms with Gasteiger partial charge in [0.15, 0.2) is 6.61 Å². The number of carbonyl (C=O) groups excluding carboxylic acids is 2. The first-order valence-electron chi connectivity index (χ1n) is 9.93. The lowest BCUT2D eigenvalue weighted by Crippen LogP contribution is -2.34. The Hall–Kier alpha value is -2.33. The highest BCUT2D eigenvalue weighted by molar-refractivity contribution is 7.92. The Kier molecular flexibility index (Phi) is 8.00. The van der Waals surface area contributed by atoms with Gasteiger partial charge in [-0.1, -0.05) is 29.8 Å². The molecule has 0 spiro atoms. The third kappa shape index (κ3) is 5.72. The molecule has 11 heteroatoms. The van der Waals surface area contributed by atoms with E-state index in [0.717, 1.165) is 0 Å². The first kappa shape index (κ1) is 24.3. The van der Waals surface area contributed by atoms with Gasteiger partial charge in [0.25, 0.3) is 15.9 Å². The number of amides is 1. The first-order chi connectivity index (χ1) is 15.2. The van der Waals surface area contributed by atoms with E-state index in [1.54, 1.807) is 37.3 Å². The van der Waals surface area contributed by atoms with E-state index in [9.17, 15) is 18.0 Å². The number of alkyl halides is 1. The standard InChI is InChI=1S/C21H23Cl2N3O5S/c1-2-26(15-6-4-3-5-7-15)32(29,30)16-8-9-17(23)18(11-16)25-20(27)13-31-21(28)19-10-14(22)12-24-19/h3-9,11,14,19,24H,2,10,12-13H2,1H3,(H,25,27). The summed E-state index contributed by atoms with van der Waals surface area (Å²) in [7, 11) is -3.90. The Morgan fingerprint density at radius 2 is 1.94 bits per heavy atom. The second-order valence-corrected chi connectivity index (χ2v) is 9.98. The molecule has 2 aromatic carbocycles. The van der Waals surface area contributed by atoms with Crippen molar-refractivity contribution in [3.63, 3.8) is 0 Å². The summed E-state index contributed by atoms with van der Waals surface area (Å²) in [6, 6.07) is 12.2. The Balaban J connectivity index is 1.71. The topological polar surface area (TPSA) is 105 Å². The van der Waals surface area contributed by atoms with Crippen molar-refractivity contribution in [3.05, 3.63) is 53.6 Å². The van der Waals surface area contributed by atoms with Gasteiger partial charge in [0.2, 0.25) is 0 Å². The van der Waals surface area contributed by atoms with Crippen LogP contribution in [0.4, 0.5) is 11.4 Å². The molecule has 1 aliphatic rings. The maximum atomic E-state index is 13.2. The molecular formula is C21H23Cl2N3O5S. The van der Waals surface area contributed by atoms with Crippen LogP contribution in [-0.4, -0.2) is 51.4 Å². The summed E-state index contributed by atoms with van der Waals surface area (Å²) in [5, 5.41) is 5.39. The van der Waals surface area contributed by atoms with Gasteiger partial charge >= 0.3 is 5.97 Å². The number of benzene rings is 2. The predicted octanol–water partition coefficient (Wildman–Crippen LogP) is 3.01. The fourth-order valence-electron chi connectivity index (χ4n) is 3.27. The molecule has 1 heterocycles. The molecule has 3 rings (SSSR count). The maximum absolute atomic E-state index is 13.2. The van der Waals surface area contributed by atoms with Gasteiger partial charge in [0, 0.05) is 18.5 Å². The van der Waals surface area contributed by atoms with Crippen molar-refractivity contribution in [3.8, 4) is 0 Å². The van der Waals surface area contributed by atoms with Crippen molar-refractivity contribution in [2.24, 2.45) is 0 Å². The van der Waals surface area contributed by atoms with Gasteiger partial charge in [-0.15, -0.1) is 11.6 Å². The molecule has 0 aliphatic carbocycles. The average Bonchev–Trinajstić information content (AvgIpc) is 3.21. The first-order valence-corrected chi connectivity index (χ1v) is 12.2. The number of nitrogens with zero attached hydrogens (tertiary/aromatic N) is 1. The van der Waals surface area contributed by atoms with Crippen LogP contribution < -0.4 is 14.9 Å². The molecule has 2 N–H and O–H groups in total. The van der Waals surface area contributed by atoms with E-state index in [-0.39, 0.29) is 27.5 Å². The molecule has 32 heavy (non-hydrogen) atoms. The van der Waals surface area contributed by atoms with Crippen molar-refractivity contribution in [2.75, 3.05) is 29.3 Å². The third-order valence-electron chi connectivity index (χ3n) is 4.84. The smallest absolute Gasteiger partial charge is 0.323 e. The van der Waals surface area contributed by atoms with Crippen LogP contribution in [0, 0.1) is 0 Å². The molecule has 0 radical (unpaired) electrons. The highest BCUT2D eigenvalue weighted by Crippen LogP contribution is 2.29. The van der Waals surface area contributed by atoms with Crippen molar-refractivity contribution < 1.29 is 22.7 Å². The molecule has 1 amide bonds. The number of esters is 1. The second-order valence-electron chi connectivity index (χ2n) is 7.10. The fourth-order valence-corrected chi connectivity index (χ4v) is 5.20. The predicted molar refractivity (Wildman–Crippen MR) is 124 cm³/mol. The summed E-state index contributed by atoms with van der Waals surface area (Å²) in [6.45, 7) is 1.89. The van der Waals surface area contributed by atoms with E-state index in [4.69, 9.17) is 27.9 Å². The van der Waals surface area contributed by atoms with Gasteiger partial charge in [-0.25, -0.2) is 8.42 Å². The zero-order valence-electron chi connectivity index (χ0n) is 17.3. The monoisotopic (exact) mass is 499 g/mol. The molecule has 1 fully saturated rings. The zero-order chi connectivity index (χ0) is 23.3. The Labute approximate surface area is 196 Å². The van der Waals surface area contributed by atoms with Gasteiger partial charge in [-0.2, -0.15) is 0 Å². The van der Waals surface area contributed by atoms with Gasteiger partial charge in [-0.3, -0.25) is 13.9 Å². The summed E-state index contributed by atoms with van der Waals surface area (Å²) in [5.74, 6) is -1.22. The molecule has 0 aromatic heterocycles. The number of hydrogen-bond donors (Lipinski definition) is 2. The summed E-state index contributed by atoms with van der Waals surface area (Å²) < 4.78 is 32.6. The van der Waals surface area contributed by atoms with Gasteiger partial charge in [0.05, 0.1) is 21.3 Å². The summed E-state index contributed by atoms with van der Waals surface area (Å²) in [4.78, 5) is 24.2. The lowest BCUT2D eigenvalue weighted by Gasteiger charge is -2.23. The number of rotatable bonds is 8. The van der Waals surface area contributed by atoms with Crippen molar-refractivity contribution in [1.82, 2.24) is 5.32 Å². The Morgan fingerprint density at radius 3 is 2.56 bits per heavy atom. The van der Waals surface area contributed by atoms with Crippen molar-refractivity contribution in [2.45, 2.75) is 29.7 Å². The van der Waals surface area contributed by atoms with Crippen LogP contribution in [0.5, 0.6) is 0 Å². The molecule has 0 bridgehead atoms. The van der Waals surface area contributed by atoms with E-state index in [1.807, 2.05) is 0 Å². The van der Waals surface area contributed by atoms with Crippen LogP contribution in [0.15, 0.2) is 53.4 Å². The van der Waals surface area contributed by atoms with Crippen LogP contribution in [-0.2, 0) is 24.3 Å². The minimum atomic E-state index is -3.90. The summed E-state index contributed by atoms with van der Waals surface area (Å²) in [6.07, 6.45) is 0.420. The lowest BCUT2D eigenvalue weighted by atomic mass is 10.2. The SMILES string of the molecule is CCN(c1ccccc1)S(=O)(=O)c1ccc(Cl)c(NC(=O)COC(=O)C2CC(Cl)CN2)c1. The van der Waals surface area contributed by atoms with Crippen LogP contribution >= 0.6 is 23.2 Å². The molecule has 8 nitrogen and oxygen atoms in total. The van der Waals surface area contributed by atoms with Gasteiger partial charge < -0.3 is 15.4 Å². The van der Waals surface area contributed by atoms with Crippen LogP contribution in [0.25, 0.3) is 0 Å². The number of ether oxygens (including phenoxy) is 1. The van der Waals surface area contributed by atoms with E-state index in [0.29, 0.717) is 18.7 Å². The molecular weight excluding hydrogens is 477 g/mol. The van der Waals surface area contributed by atoms with E-state index < -0.39 is 34.5 Å². The highest BCUT2D eigenvalue weighted by Gasteiger charge is 2.30. The molecule has 2 aromatic rings. The Morgan fingerprint density at radius 1 is 1.22 bits per heavy atom. The maximum Gasteiger partial charge on any atom is 0.323 e. The fraction of sp³-hybridized carbons (Fsp3) is 0.333. The van der Waals surface area contributed by atoms with Crippen LogP contribution in [0.2, 0.25) is 5.02 Å². The van der Waals surface area contributed by atoms with Crippen molar-refractivity contribution in [1.29, 1.82) is 0 Å². The van der Waals surface area contributed by atoms with Gasteiger partial charge in [0.1, 0.15) is 6.04 Å². The van der Waals surface area contributed by atoms with E-state index in [1.165, 1.54) is 22.5 Å². The highest BCUT2D eigenvalue weighted by atomic mass is 35.5. The second kappa shape index (κ2) is 10.5. The third-order valence-corrected chi connectivity index (χ3v) is 7.40. The van der Waals surface area contributed by atoms with E-state index in [2.05, 4.69) is 10.6 Å². The normalized spacial score (nSPS) is 18.2. The number of carbonyl (C=O) groups is 2. The lowest BCUT2D eigenvalue weighted by molar-refractivity contribution is -0.149. The largest absolute Gasteiger partial charge is 0.454 e. The number of sulfonamides is 1. The molecule has 1 aliphatic heterocycles. The molecule has 2 unspecified atom stereocenters.